The Labute approximate surface area is 139 Å². The van der Waals surface area contributed by atoms with Crippen molar-refractivity contribution in [1.82, 2.24) is 9.80 Å². The number of hydrogen-bond acceptors (Lipinski definition) is 2. The fourth-order valence-corrected chi connectivity index (χ4v) is 2.88. The Kier molecular flexibility index (Phi) is 5.80. The van der Waals surface area contributed by atoms with Gasteiger partial charge in [0.15, 0.2) is 0 Å². The number of likely N-dealkylation sites (tertiary alicyclic amines) is 1. The third-order valence-corrected chi connectivity index (χ3v) is 4.48. The molecule has 0 aromatic heterocycles. The molecule has 126 valence electrons. The van der Waals surface area contributed by atoms with Gasteiger partial charge in [0, 0.05) is 33.1 Å². The number of nitrogens with zero attached hydrogens (tertiary/aromatic N) is 2. The Bertz CT molecular complexity index is 551. The molecule has 4 heteroatoms. The number of hydrogen-bond donors (Lipinski definition) is 0. The summed E-state index contributed by atoms with van der Waals surface area (Å²) in [5.74, 6) is 0.574. The summed E-state index contributed by atoms with van der Waals surface area (Å²) < 4.78 is 0. The molecule has 2 rings (SSSR count). The first kappa shape index (κ1) is 17.5. The van der Waals surface area contributed by atoms with Crippen LogP contribution in [0.5, 0.6) is 0 Å². The average Bonchev–Trinajstić information content (AvgIpc) is 2.87. The zero-order chi connectivity index (χ0) is 17.0. The molecule has 4 nitrogen and oxygen atoms in total. The van der Waals surface area contributed by atoms with Gasteiger partial charge in [0.2, 0.25) is 11.8 Å². The van der Waals surface area contributed by atoms with E-state index in [0.29, 0.717) is 25.4 Å². The van der Waals surface area contributed by atoms with Gasteiger partial charge in [0.25, 0.3) is 0 Å². The van der Waals surface area contributed by atoms with E-state index in [1.165, 1.54) is 5.56 Å². The summed E-state index contributed by atoms with van der Waals surface area (Å²) in [5, 5.41) is 0. The molecule has 1 fully saturated rings. The van der Waals surface area contributed by atoms with Gasteiger partial charge in [-0.25, -0.2) is 0 Å². The van der Waals surface area contributed by atoms with Crippen LogP contribution in [-0.4, -0.2) is 41.8 Å². The second-order valence-corrected chi connectivity index (χ2v) is 7.10. The van der Waals surface area contributed by atoms with Gasteiger partial charge < -0.3 is 9.80 Å². The van der Waals surface area contributed by atoms with Gasteiger partial charge in [-0.15, -0.1) is 0 Å². The van der Waals surface area contributed by atoms with E-state index >= 15 is 0 Å². The number of carbonyl (C=O) groups excluding carboxylic acids is 2. The van der Waals surface area contributed by atoms with Crippen molar-refractivity contribution in [3.63, 3.8) is 0 Å². The number of benzene rings is 1. The van der Waals surface area contributed by atoms with E-state index < -0.39 is 0 Å². The zero-order valence-electron chi connectivity index (χ0n) is 14.7. The quantitative estimate of drug-likeness (QED) is 0.810. The number of carbonyl (C=O) groups is 2. The number of amides is 2. The van der Waals surface area contributed by atoms with Crippen LogP contribution in [0.25, 0.3) is 0 Å². The van der Waals surface area contributed by atoms with Crippen LogP contribution in [0.1, 0.15) is 37.8 Å². The Morgan fingerprint density at radius 3 is 2.57 bits per heavy atom. The minimum absolute atomic E-state index is 0.0844. The predicted octanol–water partition coefficient (Wildman–Crippen LogP) is 2.85. The lowest BCUT2D eigenvalue weighted by Gasteiger charge is -2.22. The summed E-state index contributed by atoms with van der Waals surface area (Å²) in [5.41, 5.74) is 2.33. The van der Waals surface area contributed by atoms with Crippen LogP contribution in [0.2, 0.25) is 0 Å². The minimum atomic E-state index is -0.190. The standard InChI is InChI=1S/C19H28N2O2/c1-14(2)9-10-20(4)19(23)17-11-18(22)21(13-17)12-16-7-5-15(3)6-8-16/h5-8,14,17H,9-13H2,1-4H3. The van der Waals surface area contributed by atoms with E-state index in [4.69, 9.17) is 0 Å². The largest absolute Gasteiger partial charge is 0.345 e. The van der Waals surface area contributed by atoms with E-state index in [1.54, 1.807) is 4.90 Å². The molecule has 0 saturated carbocycles. The van der Waals surface area contributed by atoms with Crippen molar-refractivity contribution in [1.29, 1.82) is 0 Å². The van der Waals surface area contributed by atoms with Crippen LogP contribution in [0.4, 0.5) is 0 Å². The van der Waals surface area contributed by atoms with Crippen LogP contribution in [-0.2, 0) is 16.1 Å². The molecule has 1 aromatic carbocycles. The molecule has 1 atom stereocenters. The summed E-state index contributed by atoms with van der Waals surface area (Å²) >= 11 is 0. The Morgan fingerprint density at radius 1 is 1.30 bits per heavy atom. The molecule has 1 unspecified atom stereocenters. The van der Waals surface area contributed by atoms with E-state index in [1.807, 2.05) is 31.0 Å². The highest BCUT2D eigenvalue weighted by atomic mass is 16.2. The van der Waals surface area contributed by atoms with Crippen molar-refractivity contribution in [3.8, 4) is 0 Å². The Balaban J connectivity index is 1.91. The summed E-state index contributed by atoms with van der Waals surface area (Å²) in [6, 6.07) is 8.20. The lowest BCUT2D eigenvalue weighted by molar-refractivity contribution is -0.134. The molecule has 0 aliphatic carbocycles. The smallest absolute Gasteiger partial charge is 0.227 e. The van der Waals surface area contributed by atoms with Gasteiger partial charge in [-0.3, -0.25) is 9.59 Å². The molecule has 1 aliphatic rings. The normalized spacial score (nSPS) is 17.9. The molecule has 1 heterocycles. The van der Waals surface area contributed by atoms with E-state index in [0.717, 1.165) is 18.5 Å². The maximum Gasteiger partial charge on any atom is 0.227 e. The van der Waals surface area contributed by atoms with Crippen LogP contribution in [0, 0.1) is 18.8 Å². The molecule has 1 aliphatic heterocycles. The fourth-order valence-electron chi connectivity index (χ4n) is 2.88. The first-order chi connectivity index (χ1) is 10.9. The van der Waals surface area contributed by atoms with Gasteiger partial charge in [-0.05, 0) is 24.8 Å². The lowest BCUT2D eigenvalue weighted by Crippen LogP contribution is -2.35. The van der Waals surface area contributed by atoms with Crippen molar-refractivity contribution >= 4 is 11.8 Å². The SMILES string of the molecule is Cc1ccc(CN2CC(C(=O)N(C)CCC(C)C)CC2=O)cc1. The highest BCUT2D eigenvalue weighted by Crippen LogP contribution is 2.22. The second kappa shape index (κ2) is 7.62. The van der Waals surface area contributed by atoms with Crippen molar-refractivity contribution in [2.24, 2.45) is 11.8 Å². The third kappa shape index (κ3) is 4.81. The molecule has 0 spiro atoms. The molecular formula is C19H28N2O2. The molecule has 0 radical (unpaired) electrons. The van der Waals surface area contributed by atoms with Crippen molar-refractivity contribution < 1.29 is 9.59 Å². The summed E-state index contributed by atoms with van der Waals surface area (Å²) in [4.78, 5) is 28.3. The number of aryl methyl sites for hydroxylation is 1. The fraction of sp³-hybridized carbons (Fsp3) is 0.579. The maximum atomic E-state index is 12.5. The van der Waals surface area contributed by atoms with Gasteiger partial charge in [-0.1, -0.05) is 43.7 Å². The first-order valence-corrected chi connectivity index (χ1v) is 8.45. The topological polar surface area (TPSA) is 40.6 Å². The second-order valence-electron chi connectivity index (χ2n) is 7.10. The molecule has 0 bridgehead atoms. The highest BCUT2D eigenvalue weighted by molar-refractivity contribution is 5.89. The third-order valence-electron chi connectivity index (χ3n) is 4.48. The predicted molar refractivity (Wildman–Crippen MR) is 91.8 cm³/mol. The minimum Gasteiger partial charge on any atom is -0.345 e. The zero-order valence-corrected chi connectivity index (χ0v) is 14.7. The van der Waals surface area contributed by atoms with Gasteiger partial charge in [-0.2, -0.15) is 0 Å². The first-order valence-electron chi connectivity index (χ1n) is 8.45. The number of rotatable bonds is 6. The highest BCUT2D eigenvalue weighted by Gasteiger charge is 2.35. The monoisotopic (exact) mass is 316 g/mol. The molecule has 2 amide bonds. The van der Waals surface area contributed by atoms with E-state index in [9.17, 15) is 9.59 Å². The van der Waals surface area contributed by atoms with Gasteiger partial charge >= 0.3 is 0 Å². The summed E-state index contributed by atoms with van der Waals surface area (Å²) in [6.45, 7) is 8.25. The lowest BCUT2D eigenvalue weighted by atomic mass is 10.1. The van der Waals surface area contributed by atoms with E-state index in [-0.39, 0.29) is 17.7 Å². The maximum absolute atomic E-state index is 12.5. The van der Waals surface area contributed by atoms with Crippen LogP contribution in [0.3, 0.4) is 0 Å². The van der Waals surface area contributed by atoms with Crippen molar-refractivity contribution in [2.45, 2.75) is 40.2 Å². The van der Waals surface area contributed by atoms with Crippen LogP contribution < -0.4 is 0 Å². The molecule has 0 N–H and O–H groups in total. The van der Waals surface area contributed by atoms with Crippen LogP contribution >= 0.6 is 0 Å². The summed E-state index contributed by atoms with van der Waals surface area (Å²) in [7, 11) is 1.85. The van der Waals surface area contributed by atoms with E-state index in [2.05, 4.69) is 26.0 Å². The molecule has 1 saturated heterocycles. The van der Waals surface area contributed by atoms with Crippen molar-refractivity contribution in [3.05, 3.63) is 35.4 Å². The van der Waals surface area contributed by atoms with Crippen molar-refractivity contribution in [2.75, 3.05) is 20.1 Å². The Morgan fingerprint density at radius 2 is 1.96 bits per heavy atom. The average molecular weight is 316 g/mol. The molecular weight excluding hydrogens is 288 g/mol. The molecule has 1 aromatic rings. The summed E-state index contributed by atoms with van der Waals surface area (Å²) in [6.07, 6.45) is 1.34. The molecule has 23 heavy (non-hydrogen) atoms. The Hall–Kier alpha value is -1.84. The van der Waals surface area contributed by atoms with Crippen LogP contribution in [0.15, 0.2) is 24.3 Å². The van der Waals surface area contributed by atoms with Gasteiger partial charge in [0.05, 0.1) is 5.92 Å². The van der Waals surface area contributed by atoms with Gasteiger partial charge in [0.1, 0.15) is 0 Å².